The summed E-state index contributed by atoms with van der Waals surface area (Å²) >= 11 is 3.00. The number of Topliss-reactive ketones (excluding diaryl/α,β-unsaturated/α-hetero) is 1. The number of ketones is 1. The summed E-state index contributed by atoms with van der Waals surface area (Å²) in [4.78, 5) is 14.8. The van der Waals surface area contributed by atoms with Crippen LogP contribution in [-0.2, 0) is 11.2 Å². The zero-order valence-corrected chi connectivity index (χ0v) is 10.6. The van der Waals surface area contributed by atoms with Gasteiger partial charge >= 0.3 is 12.4 Å². The van der Waals surface area contributed by atoms with Crippen LogP contribution in [0.2, 0.25) is 0 Å². The number of carbonyl (C=O) groups is 1. The number of halogens is 7. The summed E-state index contributed by atoms with van der Waals surface area (Å²) in [5.41, 5.74) is -0.160. The molecule has 0 aliphatic heterocycles. The molecule has 0 bridgehead atoms. The highest BCUT2D eigenvalue weighted by molar-refractivity contribution is 9.10. The van der Waals surface area contributed by atoms with Crippen molar-refractivity contribution in [2.45, 2.75) is 18.8 Å². The van der Waals surface area contributed by atoms with Crippen molar-refractivity contribution in [1.29, 1.82) is 0 Å². The second kappa shape index (κ2) is 5.48. The van der Waals surface area contributed by atoms with Crippen molar-refractivity contribution in [2.24, 2.45) is 5.92 Å². The van der Waals surface area contributed by atoms with Crippen molar-refractivity contribution >= 4 is 21.7 Å². The third-order valence-electron chi connectivity index (χ3n) is 2.12. The lowest BCUT2D eigenvalue weighted by atomic mass is 9.99. The van der Waals surface area contributed by atoms with E-state index in [0.29, 0.717) is 4.47 Å². The topological polar surface area (TPSA) is 30.0 Å². The van der Waals surface area contributed by atoms with E-state index in [2.05, 4.69) is 20.9 Å². The largest absolute Gasteiger partial charge is 0.407 e. The lowest BCUT2D eigenvalue weighted by Gasteiger charge is -2.21. The zero-order chi connectivity index (χ0) is 14.8. The van der Waals surface area contributed by atoms with E-state index < -0.39 is 30.5 Å². The van der Waals surface area contributed by atoms with E-state index in [4.69, 9.17) is 0 Å². The Morgan fingerprint density at radius 2 is 1.68 bits per heavy atom. The summed E-state index contributed by atoms with van der Waals surface area (Å²) in [6.07, 6.45) is -11.2. The highest BCUT2D eigenvalue weighted by atomic mass is 79.9. The highest BCUT2D eigenvalue weighted by Crippen LogP contribution is 2.40. The Morgan fingerprint density at radius 1 is 1.16 bits per heavy atom. The van der Waals surface area contributed by atoms with Crippen LogP contribution in [0.1, 0.15) is 5.69 Å². The molecule has 0 fully saturated rings. The highest BCUT2D eigenvalue weighted by Gasteiger charge is 2.60. The van der Waals surface area contributed by atoms with Crippen LogP contribution in [0.3, 0.4) is 0 Å². The van der Waals surface area contributed by atoms with Crippen molar-refractivity contribution < 1.29 is 31.1 Å². The molecule has 0 spiro atoms. The second-order valence-electron chi connectivity index (χ2n) is 3.63. The molecule has 1 heterocycles. The number of carbonyl (C=O) groups excluding carboxylic acids is 1. The molecule has 106 valence electrons. The zero-order valence-electron chi connectivity index (χ0n) is 9.02. The molecule has 0 atom stereocenters. The molecule has 19 heavy (non-hydrogen) atoms. The van der Waals surface area contributed by atoms with Crippen LogP contribution in [0.5, 0.6) is 0 Å². The van der Waals surface area contributed by atoms with Gasteiger partial charge in [0.1, 0.15) is 0 Å². The molecule has 1 aromatic rings. The van der Waals surface area contributed by atoms with Gasteiger partial charge in [0.2, 0.25) is 5.92 Å². The molecule has 0 saturated carbocycles. The minimum atomic E-state index is -5.66. The Hall–Kier alpha value is -1.12. The number of rotatable bonds is 3. The van der Waals surface area contributed by atoms with Gasteiger partial charge in [0.15, 0.2) is 5.78 Å². The third-order valence-corrected chi connectivity index (χ3v) is 2.59. The summed E-state index contributed by atoms with van der Waals surface area (Å²) in [7, 11) is 0. The maximum atomic E-state index is 12.3. The number of pyridine rings is 1. The Balaban J connectivity index is 2.93. The molecule has 0 N–H and O–H groups in total. The summed E-state index contributed by atoms with van der Waals surface area (Å²) in [6.45, 7) is 0. The Kier molecular flexibility index (Phi) is 4.59. The fourth-order valence-electron chi connectivity index (χ4n) is 1.34. The van der Waals surface area contributed by atoms with Crippen LogP contribution in [0, 0.1) is 5.92 Å². The smallest absolute Gasteiger partial charge is 0.298 e. The van der Waals surface area contributed by atoms with E-state index in [0.717, 1.165) is 0 Å². The first kappa shape index (κ1) is 15.9. The molecular formula is C10H6BrF6NO. The minimum absolute atomic E-state index is 0.160. The van der Waals surface area contributed by atoms with Crippen LogP contribution >= 0.6 is 15.9 Å². The van der Waals surface area contributed by atoms with E-state index in [1.54, 1.807) is 0 Å². The van der Waals surface area contributed by atoms with Crippen molar-refractivity contribution in [1.82, 2.24) is 4.98 Å². The number of aromatic nitrogens is 1. The molecule has 9 heteroatoms. The molecule has 2 nitrogen and oxygen atoms in total. The van der Waals surface area contributed by atoms with Crippen molar-refractivity contribution in [3.8, 4) is 0 Å². The number of alkyl halides is 6. The van der Waals surface area contributed by atoms with Gasteiger partial charge in [0.25, 0.3) is 0 Å². The van der Waals surface area contributed by atoms with E-state index >= 15 is 0 Å². The van der Waals surface area contributed by atoms with Gasteiger partial charge in [-0.1, -0.05) is 0 Å². The van der Waals surface area contributed by atoms with E-state index in [9.17, 15) is 31.1 Å². The van der Waals surface area contributed by atoms with Crippen LogP contribution in [-0.4, -0.2) is 23.1 Å². The lowest BCUT2D eigenvalue weighted by Crippen LogP contribution is -2.43. The Bertz CT molecular complexity index is 439. The van der Waals surface area contributed by atoms with Gasteiger partial charge in [0, 0.05) is 22.8 Å². The van der Waals surface area contributed by atoms with Crippen LogP contribution in [0.25, 0.3) is 0 Å². The molecular weight excluding hydrogens is 344 g/mol. The maximum Gasteiger partial charge on any atom is 0.407 e. The SMILES string of the molecule is O=C(Cc1ccc(Br)cn1)C(C(F)(F)F)C(F)(F)F. The average Bonchev–Trinajstić information content (AvgIpc) is 2.16. The van der Waals surface area contributed by atoms with Crippen LogP contribution in [0.4, 0.5) is 26.3 Å². The number of hydrogen-bond donors (Lipinski definition) is 0. The molecule has 0 aliphatic rings. The summed E-state index contributed by atoms with van der Waals surface area (Å²) in [5.74, 6) is -5.96. The lowest BCUT2D eigenvalue weighted by molar-refractivity contribution is -0.273. The van der Waals surface area contributed by atoms with Gasteiger partial charge in [-0.05, 0) is 28.1 Å². The standard InChI is InChI=1S/C10H6BrF6NO/c11-5-1-2-6(18-4-5)3-7(19)8(9(12,13)14)10(15,16)17/h1-2,4,8H,3H2. The molecule has 1 aromatic heterocycles. The normalized spacial score (nSPS) is 12.8. The third kappa shape index (κ3) is 4.48. The van der Waals surface area contributed by atoms with Gasteiger partial charge in [-0.3, -0.25) is 9.78 Å². The Morgan fingerprint density at radius 3 is 2.05 bits per heavy atom. The maximum absolute atomic E-state index is 12.3. The van der Waals surface area contributed by atoms with Crippen molar-refractivity contribution in [3.05, 3.63) is 28.5 Å². The van der Waals surface area contributed by atoms with Crippen LogP contribution < -0.4 is 0 Å². The molecule has 0 amide bonds. The first-order valence-electron chi connectivity index (χ1n) is 4.78. The van der Waals surface area contributed by atoms with E-state index in [-0.39, 0.29) is 5.69 Å². The molecule has 0 unspecified atom stereocenters. The predicted molar refractivity (Wildman–Crippen MR) is 56.2 cm³/mol. The fraction of sp³-hybridized carbons (Fsp3) is 0.400. The average molecular weight is 350 g/mol. The molecule has 1 rings (SSSR count). The van der Waals surface area contributed by atoms with Crippen molar-refractivity contribution in [2.75, 3.05) is 0 Å². The quantitative estimate of drug-likeness (QED) is 0.779. The summed E-state index contributed by atoms with van der Waals surface area (Å²) in [6, 6.07) is 2.54. The molecule has 0 aromatic carbocycles. The van der Waals surface area contributed by atoms with Gasteiger partial charge in [0.05, 0.1) is 0 Å². The minimum Gasteiger partial charge on any atom is -0.298 e. The van der Waals surface area contributed by atoms with E-state index in [1.807, 2.05) is 0 Å². The van der Waals surface area contributed by atoms with Gasteiger partial charge in [-0.15, -0.1) is 0 Å². The van der Waals surface area contributed by atoms with E-state index in [1.165, 1.54) is 18.3 Å². The monoisotopic (exact) mass is 349 g/mol. The van der Waals surface area contributed by atoms with Gasteiger partial charge in [-0.25, -0.2) is 0 Å². The van der Waals surface area contributed by atoms with Crippen LogP contribution in [0.15, 0.2) is 22.8 Å². The van der Waals surface area contributed by atoms with Gasteiger partial charge < -0.3 is 0 Å². The predicted octanol–water partition coefficient (Wildman–Crippen LogP) is 3.70. The molecule has 0 radical (unpaired) electrons. The molecule has 0 saturated heterocycles. The number of nitrogens with zero attached hydrogens (tertiary/aromatic N) is 1. The summed E-state index contributed by atoms with van der Waals surface area (Å²) < 4.78 is 74.1. The Labute approximate surface area is 111 Å². The number of hydrogen-bond acceptors (Lipinski definition) is 2. The molecule has 0 aliphatic carbocycles. The first-order chi connectivity index (χ1) is 8.51. The van der Waals surface area contributed by atoms with Gasteiger partial charge in [-0.2, -0.15) is 26.3 Å². The fourth-order valence-corrected chi connectivity index (χ4v) is 1.58. The summed E-state index contributed by atoms with van der Waals surface area (Å²) in [5, 5.41) is 0. The van der Waals surface area contributed by atoms with Crippen molar-refractivity contribution in [3.63, 3.8) is 0 Å². The second-order valence-corrected chi connectivity index (χ2v) is 4.54. The first-order valence-corrected chi connectivity index (χ1v) is 5.57.